The van der Waals surface area contributed by atoms with Gasteiger partial charge in [0.25, 0.3) is 11.6 Å². The third-order valence-corrected chi connectivity index (χ3v) is 3.27. The van der Waals surface area contributed by atoms with E-state index in [4.69, 9.17) is 34.8 Å². The van der Waals surface area contributed by atoms with Gasteiger partial charge in [0, 0.05) is 12.1 Å². The first kappa shape index (κ1) is 15.5. The summed E-state index contributed by atoms with van der Waals surface area (Å²) in [7, 11) is 0. The van der Waals surface area contributed by atoms with Gasteiger partial charge in [0.05, 0.1) is 20.7 Å². The van der Waals surface area contributed by atoms with Gasteiger partial charge in [0.1, 0.15) is 10.8 Å². The van der Waals surface area contributed by atoms with Gasteiger partial charge in [-0.3, -0.25) is 14.9 Å². The van der Waals surface area contributed by atoms with E-state index in [0.717, 1.165) is 6.07 Å². The van der Waals surface area contributed by atoms with Gasteiger partial charge in [0.2, 0.25) is 0 Å². The maximum atomic E-state index is 12.0. The molecule has 2 rings (SSSR count). The number of pyridine rings is 1. The first-order chi connectivity index (χ1) is 9.88. The Hall–Kier alpha value is -1.89. The summed E-state index contributed by atoms with van der Waals surface area (Å²) >= 11 is 17.4. The molecule has 1 aromatic heterocycles. The summed E-state index contributed by atoms with van der Waals surface area (Å²) in [6.07, 6.45) is 0. The molecule has 9 heteroatoms. The molecule has 0 saturated carbocycles. The van der Waals surface area contributed by atoms with Crippen LogP contribution in [-0.2, 0) is 0 Å². The lowest BCUT2D eigenvalue weighted by molar-refractivity contribution is -0.384. The number of amides is 1. The number of hydrogen-bond acceptors (Lipinski definition) is 4. The quantitative estimate of drug-likeness (QED) is 0.512. The van der Waals surface area contributed by atoms with Crippen molar-refractivity contribution in [3.63, 3.8) is 0 Å². The van der Waals surface area contributed by atoms with Crippen molar-refractivity contribution < 1.29 is 9.72 Å². The number of benzene rings is 1. The van der Waals surface area contributed by atoms with Crippen molar-refractivity contribution in [1.82, 2.24) is 4.98 Å². The Morgan fingerprint density at radius 1 is 1.14 bits per heavy atom. The first-order valence-corrected chi connectivity index (χ1v) is 6.59. The van der Waals surface area contributed by atoms with Crippen LogP contribution in [0, 0.1) is 10.1 Å². The van der Waals surface area contributed by atoms with Crippen molar-refractivity contribution in [2.45, 2.75) is 0 Å². The van der Waals surface area contributed by atoms with Crippen molar-refractivity contribution >= 4 is 52.1 Å². The number of nitro groups is 1. The molecule has 0 saturated heterocycles. The van der Waals surface area contributed by atoms with E-state index in [-0.39, 0.29) is 32.3 Å². The number of nitro benzene ring substituents is 1. The van der Waals surface area contributed by atoms with Crippen LogP contribution in [0.3, 0.4) is 0 Å². The lowest BCUT2D eigenvalue weighted by Crippen LogP contribution is -2.14. The van der Waals surface area contributed by atoms with Gasteiger partial charge in [-0.1, -0.05) is 34.8 Å². The van der Waals surface area contributed by atoms with Gasteiger partial charge in [-0.25, -0.2) is 4.98 Å². The van der Waals surface area contributed by atoms with E-state index in [9.17, 15) is 14.9 Å². The van der Waals surface area contributed by atoms with Crippen LogP contribution in [0.4, 0.5) is 11.4 Å². The Labute approximate surface area is 133 Å². The number of nitrogens with one attached hydrogen (secondary N) is 1. The third kappa shape index (κ3) is 3.60. The molecule has 2 aromatic rings. The minimum Gasteiger partial charge on any atom is -0.319 e. The van der Waals surface area contributed by atoms with Crippen LogP contribution >= 0.6 is 34.8 Å². The smallest absolute Gasteiger partial charge is 0.275 e. The van der Waals surface area contributed by atoms with E-state index in [1.807, 2.05) is 0 Å². The SMILES string of the molecule is O=C(Nc1ccc([N+](=O)[O-])cc1Cl)c1nc(Cl)ccc1Cl. The molecule has 108 valence electrons. The molecular formula is C12H6Cl3N3O3. The van der Waals surface area contributed by atoms with Crippen molar-refractivity contribution in [2.24, 2.45) is 0 Å². The Morgan fingerprint density at radius 2 is 1.86 bits per heavy atom. The molecule has 0 aliphatic carbocycles. The maximum absolute atomic E-state index is 12.0. The largest absolute Gasteiger partial charge is 0.319 e. The van der Waals surface area contributed by atoms with E-state index in [0.29, 0.717) is 0 Å². The van der Waals surface area contributed by atoms with Gasteiger partial charge in [-0.05, 0) is 18.2 Å². The normalized spacial score (nSPS) is 10.2. The molecule has 0 radical (unpaired) electrons. The Balaban J connectivity index is 2.27. The molecule has 1 amide bonds. The van der Waals surface area contributed by atoms with Crippen LogP contribution in [0.1, 0.15) is 10.5 Å². The van der Waals surface area contributed by atoms with Gasteiger partial charge >= 0.3 is 0 Å². The zero-order valence-corrected chi connectivity index (χ0v) is 12.4. The topological polar surface area (TPSA) is 85.1 Å². The lowest BCUT2D eigenvalue weighted by atomic mass is 10.2. The Morgan fingerprint density at radius 3 is 2.48 bits per heavy atom. The predicted octanol–water partition coefficient (Wildman–Crippen LogP) is 4.20. The highest BCUT2D eigenvalue weighted by molar-refractivity contribution is 6.36. The van der Waals surface area contributed by atoms with Gasteiger partial charge in [-0.2, -0.15) is 0 Å². The average molecular weight is 347 g/mol. The fourth-order valence-corrected chi connectivity index (χ4v) is 2.04. The summed E-state index contributed by atoms with van der Waals surface area (Å²) in [6.45, 7) is 0. The van der Waals surface area contributed by atoms with E-state index >= 15 is 0 Å². The van der Waals surface area contributed by atoms with Crippen molar-refractivity contribution in [1.29, 1.82) is 0 Å². The predicted molar refractivity (Wildman–Crippen MR) is 80.3 cm³/mol. The van der Waals surface area contributed by atoms with E-state index < -0.39 is 10.8 Å². The second kappa shape index (κ2) is 6.26. The lowest BCUT2D eigenvalue weighted by Gasteiger charge is -2.08. The number of nitrogens with zero attached hydrogens (tertiary/aromatic N) is 2. The summed E-state index contributed by atoms with van der Waals surface area (Å²) in [5.41, 5.74) is -0.0550. The molecule has 0 spiro atoms. The summed E-state index contributed by atoms with van der Waals surface area (Å²) in [5, 5.41) is 13.3. The second-order valence-electron chi connectivity index (χ2n) is 3.84. The molecule has 0 fully saturated rings. The number of carbonyl (C=O) groups is 1. The number of rotatable bonds is 3. The monoisotopic (exact) mass is 345 g/mol. The number of carbonyl (C=O) groups excluding carboxylic acids is 1. The Kier molecular flexibility index (Phi) is 4.62. The minimum atomic E-state index is -0.627. The molecule has 1 aromatic carbocycles. The fourth-order valence-electron chi connectivity index (χ4n) is 1.48. The van der Waals surface area contributed by atoms with Gasteiger partial charge in [-0.15, -0.1) is 0 Å². The van der Waals surface area contributed by atoms with E-state index in [2.05, 4.69) is 10.3 Å². The molecule has 0 unspecified atom stereocenters. The van der Waals surface area contributed by atoms with Crippen LogP contribution in [0.2, 0.25) is 15.2 Å². The van der Waals surface area contributed by atoms with Crippen LogP contribution in [0.15, 0.2) is 30.3 Å². The minimum absolute atomic E-state index is 0.0238. The van der Waals surface area contributed by atoms with Crippen LogP contribution in [-0.4, -0.2) is 15.8 Å². The summed E-state index contributed by atoms with van der Waals surface area (Å²) in [4.78, 5) is 25.9. The molecule has 21 heavy (non-hydrogen) atoms. The van der Waals surface area contributed by atoms with Crippen LogP contribution < -0.4 is 5.32 Å². The number of non-ortho nitro benzene ring substituents is 1. The van der Waals surface area contributed by atoms with Crippen molar-refractivity contribution in [2.75, 3.05) is 5.32 Å². The molecule has 0 atom stereocenters. The highest BCUT2D eigenvalue weighted by atomic mass is 35.5. The Bertz CT molecular complexity index is 737. The van der Waals surface area contributed by atoms with Crippen LogP contribution in [0.25, 0.3) is 0 Å². The summed E-state index contributed by atoms with van der Waals surface area (Å²) in [5.74, 6) is -0.627. The highest BCUT2D eigenvalue weighted by Gasteiger charge is 2.16. The zero-order valence-electron chi connectivity index (χ0n) is 10.1. The molecule has 1 heterocycles. The number of aromatic nitrogens is 1. The number of hydrogen-bond donors (Lipinski definition) is 1. The summed E-state index contributed by atoms with van der Waals surface area (Å²) < 4.78 is 0. The fraction of sp³-hybridized carbons (Fsp3) is 0. The molecule has 6 nitrogen and oxygen atoms in total. The number of anilines is 1. The highest BCUT2D eigenvalue weighted by Crippen LogP contribution is 2.27. The third-order valence-electron chi connectivity index (χ3n) is 2.44. The van der Waals surface area contributed by atoms with Gasteiger partial charge in [0.15, 0.2) is 0 Å². The summed E-state index contributed by atoms with van der Waals surface area (Å²) in [6, 6.07) is 6.54. The van der Waals surface area contributed by atoms with Gasteiger partial charge < -0.3 is 5.32 Å². The van der Waals surface area contributed by atoms with Crippen LogP contribution in [0.5, 0.6) is 0 Å². The average Bonchev–Trinajstić information content (AvgIpc) is 2.43. The molecule has 0 aliphatic rings. The molecule has 0 aliphatic heterocycles. The van der Waals surface area contributed by atoms with Crippen molar-refractivity contribution in [3.8, 4) is 0 Å². The second-order valence-corrected chi connectivity index (χ2v) is 5.04. The maximum Gasteiger partial charge on any atom is 0.275 e. The zero-order chi connectivity index (χ0) is 15.6. The van der Waals surface area contributed by atoms with Crippen molar-refractivity contribution in [3.05, 3.63) is 61.3 Å². The molecular weight excluding hydrogens is 341 g/mol. The first-order valence-electron chi connectivity index (χ1n) is 5.46. The number of halogens is 3. The standard InChI is InChI=1S/C12H6Cl3N3O3/c13-7-2-4-10(15)17-11(7)12(19)16-9-3-1-6(18(20)21)5-8(9)14/h1-5H,(H,16,19). The van der Waals surface area contributed by atoms with E-state index in [1.54, 1.807) is 0 Å². The van der Waals surface area contributed by atoms with E-state index in [1.165, 1.54) is 24.3 Å². The molecule has 0 bridgehead atoms. The molecule has 1 N–H and O–H groups in total.